The fraction of sp³-hybridized carbons (Fsp3) is 0.533. The summed E-state index contributed by atoms with van der Waals surface area (Å²) in [4.78, 5) is 11.0. The van der Waals surface area contributed by atoms with E-state index in [0.29, 0.717) is 16.8 Å². The van der Waals surface area contributed by atoms with Crippen molar-refractivity contribution in [3.8, 4) is 5.75 Å². The van der Waals surface area contributed by atoms with Gasteiger partial charge in [0, 0.05) is 4.47 Å². The zero-order valence-electron chi connectivity index (χ0n) is 10.9. The third-order valence-corrected chi connectivity index (χ3v) is 4.38. The summed E-state index contributed by atoms with van der Waals surface area (Å²) in [6.07, 6.45) is 7.73. The summed E-state index contributed by atoms with van der Waals surface area (Å²) in [5.41, 5.74) is 0.246. The highest BCUT2D eigenvalue weighted by Gasteiger charge is 2.14. The zero-order chi connectivity index (χ0) is 13.7. The van der Waals surface area contributed by atoms with Crippen LogP contribution in [0.15, 0.2) is 22.7 Å². The van der Waals surface area contributed by atoms with Crippen molar-refractivity contribution in [3.05, 3.63) is 28.2 Å². The summed E-state index contributed by atoms with van der Waals surface area (Å²) in [6, 6.07) is 5.10. The third-order valence-electron chi connectivity index (χ3n) is 3.69. The van der Waals surface area contributed by atoms with Crippen LogP contribution in [-0.4, -0.2) is 17.7 Å². The maximum Gasteiger partial charge on any atom is 0.336 e. The molecule has 0 heterocycles. The molecule has 2 rings (SSSR count). The van der Waals surface area contributed by atoms with Gasteiger partial charge in [-0.15, -0.1) is 0 Å². The van der Waals surface area contributed by atoms with Crippen LogP contribution in [0.2, 0.25) is 0 Å². The lowest BCUT2D eigenvalue weighted by molar-refractivity contribution is 0.0695. The Hall–Kier alpha value is -1.03. The van der Waals surface area contributed by atoms with Crippen molar-refractivity contribution < 1.29 is 14.6 Å². The molecule has 0 amide bonds. The summed E-state index contributed by atoms with van der Waals surface area (Å²) in [5.74, 6) is 0.476. The van der Waals surface area contributed by atoms with E-state index < -0.39 is 5.97 Å². The van der Waals surface area contributed by atoms with Crippen LogP contribution < -0.4 is 4.74 Å². The van der Waals surface area contributed by atoms with Gasteiger partial charge in [0.15, 0.2) is 0 Å². The molecule has 0 atom stereocenters. The van der Waals surface area contributed by atoms with Gasteiger partial charge >= 0.3 is 5.97 Å². The van der Waals surface area contributed by atoms with E-state index in [9.17, 15) is 4.79 Å². The largest absolute Gasteiger partial charge is 0.494 e. The average molecular weight is 327 g/mol. The Labute approximate surface area is 122 Å². The number of rotatable bonds is 5. The molecule has 0 spiro atoms. The molecule has 0 radical (unpaired) electrons. The third kappa shape index (κ3) is 4.23. The average Bonchev–Trinajstić information content (AvgIpc) is 2.41. The standard InChI is InChI=1S/C15H19BrO3/c16-14-7-6-12(10-13(14)15(17)18)19-9-8-11-4-2-1-3-5-11/h6-7,10-11H,1-5,8-9H2,(H,17,18). The molecule has 1 aromatic carbocycles. The van der Waals surface area contributed by atoms with Crippen LogP contribution in [0.1, 0.15) is 48.9 Å². The number of ether oxygens (including phenoxy) is 1. The molecule has 1 aliphatic carbocycles. The van der Waals surface area contributed by atoms with Crippen molar-refractivity contribution in [2.24, 2.45) is 5.92 Å². The number of hydrogen-bond donors (Lipinski definition) is 1. The molecule has 0 saturated heterocycles. The van der Waals surface area contributed by atoms with Crippen LogP contribution in [0.5, 0.6) is 5.75 Å². The maximum absolute atomic E-state index is 11.0. The number of carboxylic acids is 1. The van der Waals surface area contributed by atoms with E-state index in [0.717, 1.165) is 12.3 Å². The first-order chi connectivity index (χ1) is 9.16. The van der Waals surface area contributed by atoms with Crippen LogP contribution >= 0.6 is 15.9 Å². The van der Waals surface area contributed by atoms with Gasteiger partial charge in [-0.2, -0.15) is 0 Å². The molecular weight excluding hydrogens is 308 g/mol. The molecule has 104 valence electrons. The molecule has 0 unspecified atom stereocenters. The predicted molar refractivity (Wildman–Crippen MR) is 77.8 cm³/mol. The number of carbonyl (C=O) groups is 1. The van der Waals surface area contributed by atoms with Crippen molar-refractivity contribution >= 4 is 21.9 Å². The van der Waals surface area contributed by atoms with Gasteiger partial charge in [-0.25, -0.2) is 4.79 Å². The summed E-state index contributed by atoms with van der Waals surface area (Å²) in [6.45, 7) is 0.672. The van der Waals surface area contributed by atoms with E-state index in [2.05, 4.69) is 15.9 Å². The molecule has 3 nitrogen and oxygen atoms in total. The first-order valence-electron chi connectivity index (χ1n) is 6.82. The second-order valence-corrected chi connectivity index (χ2v) is 5.94. The van der Waals surface area contributed by atoms with E-state index in [4.69, 9.17) is 9.84 Å². The van der Waals surface area contributed by atoms with E-state index in [1.54, 1.807) is 18.2 Å². The zero-order valence-corrected chi connectivity index (χ0v) is 12.5. The van der Waals surface area contributed by atoms with E-state index >= 15 is 0 Å². The van der Waals surface area contributed by atoms with Crippen LogP contribution in [-0.2, 0) is 0 Å². The van der Waals surface area contributed by atoms with Gasteiger partial charge in [0.2, 0.25) is 0 Å². The highest BCUT2D eigenvalue weighted by molar-refractivity contribution is 9.10. The summed E-state index contributed by atoms with van der Waals surface area (Å²) >= 11 is 3.23. The Bertz CT molecular complexity index is 439. The molecule has 4 heteroatoms. The number of carboxylic acid groups (broad SMARTS) is 1. The quantitative estimate of drug-likeness (QED) is 0.866. The van der Waals surface area contributed by atoms with Gasteiger partial charge in [-0.05, 0) is 46.5 Å². The Morgan fingerprint density at radius 2 is 2.05 bits per heavy atom. The van der Waals surface area contributed by atoms with E-state index in [-0.39, 0.29) is 5.56 Å². The Kier molecular flexibility index (Phi) is 5.25. The molecule has 1 fully saturated rings. The molecule has 1 aromatic rings. The van der Waals surface area contributed by atoms with Gasteiger partial charge in [-0.1, -0.05) is 32.1 Å². The Morgan fingerprint density at radius 1 is 1.32 bits per heavy atom. The van der Waals surface area contributed by atoms with Gasteiger partial charge in [0.25, 0.3) is 0 Å². The summed E-state index contributed by atoms with van der Waals surface area (Å²) in [7, 11) is 0. The van der Waals surface area contributed by atoms with Gasteiger partial charge in [0.1, 0.15) is 5.75 Å². The lowest BCUT2D eigenvalue weighted by Gasteiger charge is -2.21. The molecule has 19 heavy (non-hydrogen) atoms. The van der Waals surface area contributed by atoms with Crippen molar-refractivity contribution in [2.45, 2.75) is 38.5 Å². The first-order valence-corrected chi connectivity index (χ1v) is 7.62. The van der Waals surface area contributed by atoms with Crippen LogP contribution in [0.25, 0.3) is 0 Å². The SMILES string of the molecule is O=C(O)c1cc(OCCC2CCCCC2)ccc1Br. The Balaban J connectivity index is 1.85. The molecule has 0 aliphatic heterocycles. The van der Waals surface area contributed by atoms with Crippen LogP contribution in [0, 0.1) is 5.92 Å². The highest BCUT2D eigenvalue weighted by Crippen LogP contribution is 2.27. The topological polar surface area (TPSA) is 46.5 Å². The van der Waals surface area contributed by atoms with Gasteiger partial charge < -0.3 is 9.84 Å². The number of benzene rings is 1. The normalized spacial score (nSPS) is 16.3. The van der Waals surface area contributed by atoms with E-state index in [1.807, 2.05) is 0 Å². The van der Waals surface area contributed by atoms with Crippen molar-refractivity contribution in [1.29, 1.82) is 0 Å². The fourth-order valence-corrected chi connectivity index (χ4v) is 2.99. The van der Waals surface area contributed by atoms with Crippen LogP contribution in [0.4, 0.5) is 0 Å². The predicted octanol–water partition coefficient (Wildman–Crippen LogP) is 4.50. The van der Waals surface area contributed by atoms with Crippen molar-refractivity contribution in [2.75, 3.05) is 6.61 Å². The summed E-state index contributed by atoms with van der Waals surface area (Å²) < 4.78 is 6.25. The Morgan fingerprint density at radius 3 is 2.74 bits per heavy atom. The van der Waals surface area contributed by atoms with Crippen molar-refractivity contribution in [3.63, 3.8) is 0 Å². The molecule has 0 bridgehead atoms. The number of aromatic carboxylic acids is 1. The molecule has 1 saturated carbocycles. The molecule has 0 aromatic heterocycles. The van der Waals surface area contributed by atoms with Gasteiger partial charge in [0.05, 0.1) is 12.2 Å². The van der Waals surface area contributed by atoms with Crippen LogP contribution in [0.3, 0.4) is 0 Å². The minimum absolute atomic E-state index is 0.246. The first kappa shape index (κ1) is 14.4. The molecular formula is C15H19BrO3. The smallest absolute Gasteiger partial charge is 0.336 e. The minimum atomic E-state index is -0.940. The van der Waals surface area contributed by atoms with Gasteiger partial charge in [-0.3, -0.25) is 0 Å². The maximum atomic E-state index is 11.0. The number of halogens is 1. The second-order valence-electron chi connectivity index (χ2n) is 5.09. The minimum Gasteiger partial charge on any atom is -0.494 e. The molecule has 1 aliphatic rings. The fourth-order valence-electron chi connectivity index (χ4n) is 2.58. The molecule has 1 N–H and O–H groups in total. The monoisotopic (exact) mass is 326 g/mol. The number of hydrogen-bond acceptors (Lipinski definition) is 2. The lowest BCUT2D eigenvalue weighted by Crippen LogP contribution is -2.11. The van der Waals surface area contributed by atoms with E-state index in [1.165, 1.54) is 32.1 Å². The highest BCUT2D eigenvalue weighted by atomic mass is 79.9. The lowest BCUT2D eigenvalue weighted by atomic mass is 9.87. The van der Waals surface area contributed by atoms with Crippen molar-refractivity contribution in [1.82, 2.24) is 0 Å². The second kappa shape index (κ2) is 6.94. The summed E-state index contributed by atoms with van der Waals surface area (Å²) in [5, 5.41) is 9.03.